The Labute approximate surface area is 235 Å². The maximum atomic E-state index is 12.0. The first-order chi connectivity index (χ1) is 18.2. The molecule has 5 heteroatoms. The summed E-state index contributed by atoms with van der Waals surface area (Å²) in [5, 5.41) is 20.8. The van der Waals surface area contributed by atoms with E-state index < -0.39 is 6.09 Å². The molecular weight excluding hydrogens is 484 g/mol. The van der Waals surface area contributed by atoms with Gasteiger partial charge in [-0.2, -0.15) is 0 Å². The lowest BCUT2D eigenvalue weighted by molar-refractivity contribution is -0.247. The molecule has 5 aliphatic carbocycles. The zero-order valence-electron chi connectivity index (χ0n) is 25.3. The molecule has 0 spiro atoms. The van der Waals surface area contributed by atoms with Gasteiger partial charge in [-0.1, -0.05) is 46.8 Å². The number of fused-ring (bicyclic) bond motifs is 7. The van der Waals surface area contributed by atoms with Crippen LogP contribution in [0.4, 0.5) is 4.79 Å². The third-order valence-corrected chi connectivity index (χ3v) is 14.7. The van der Waals surface area contributed by atoms with E-state index >= 15 is 0 Å². The van der Waals surface area contributed by atoms with E-state index in [0.29, 0.717) is 29.6 Å². The van der Waals surface area contributed by atoms with Crippen LogP contribution in [0.25, 0.3) is 0 Å². The van der Waals surface area contributed by atoms with Crippen LogP contribution in [0, 0.1) is 56.7 Å². The number of nitrogens with zero attached hydrogens (tertiary/aromatic N) is 2. The number of hydrogen-bond donors (Lipinski definition) is 2. The van der Waals surface area contributed by atoms with Gasteiger partial charge in [0.1, 0.15) is 5.82 Å². The number of hydrogen-bond acceptors (Lipinski definition) is 3. The second kappa shape index (κ2) is 8.69. The lowest BCUT2D eigenvalue weighted by Crippen LogP contribution is -2.66. The van der Waals surface area contributed by atoms with Crippen molar-refractivity contribution in [2.45, 2.75) is 118 Å². The van der Waals surface area contributed by atoms with Crippen molar-refractivity contribution in [3.8, 4) is 0 Å². The average molecular weight is 537 g/mol. The molecule has 5 saturated carbocycles. The summed E-state index contributed by atoms with van der Waals surface area (Å²) >= 11 is 0. The van der Waals surface area contributed by atoms with Gasteiger partial charge in [0.05, 0.1) is 6.10 Å². The number of aromatic nitrogens is 2. The van der Waals surface area contributed by atoms with E-state index in [-0.39, 0.29) is 33.2 Å². The third kappa shape index (κ3) is 3.53. The van der Waals surface area contributed by atoms with Gasteiger partial charge in [-0.3, -0.25) is 0 Å². The molecule has 0 bridgehead atoms. The second-order valence-corrected chi connectivity index (χ2v) is 16.1. The van der Waals surface area contributed by atoms with Gasteiger partial charge in [0, 0.05) is 18.8 Å². The zero-order chi connectivity index (χ0) is 28.2. The number of imidazole rings is 1. The standard InChI is InChI=1S/C34H52N2O3/c1-21(2)22-10-15-34(20-27-35-18-19-36(27)29(38)39)17-16-32(6)23(28(22)34)8-9-25-31(5)13-12-26(37)30(3,4)24(31)11-14-33(25,32)7/h18-19,22-26,28,37H,1,8-17,20H2,2-7H3,(H,38,39)/t22-,23+,24-,25?,26-,28+,31-,32+,33+,34+/m0/s1. The molecule has 5 nitrogen and oxygen atoms in total. The van der Waals surface area contributed by atoms with Crippen molar-refractivity contribution >= 4 is 6.09 Å². The Morgan fingerprint density at radius 2 is 1.72 bits per heavy atom. The quantitative estimate of drug-likeness (QED) is 0.384. The number of aliphatic hydroxyl groups is 1. The summed E-state index contributed by atoms with van der Waals surface area (Å²) in [4.78, 5) is 16.5. The number of rotatable bonds is 3. The van der Waals surface area contributed by atoms with Crippen LogP contribution in [0.1, 0.15) is 112 Å². The van der Waals surface area contributed by atoms with Crippen LogP contribution in [0.2, 0.25) is 0 Å². The summed E-state index contributed by atoms with van der Waals surface area (Å²) in [5.74, 6) is 3.68. The zero-order valence-corrected chi connectivity index (χ0v) is 25.3. The molecule has 0 radical (unpaired) electrons. The van der Waals surface area contributed by atoms with Crippen molar-refractivity contribution < 1.29 is 15.0 Å². The van der Waals surface area contributed by atoms with Crippen LogP contribution in [0.5, 0.6) is 0 Å². The summed E-state index contributed by atoms with van der Waals surface area (Å²) < 4.78 is 1.35. The summed E-state index contributed by atoms with van der Waals surface area (Å²) in [6.45, 7) is 19.3. The molecule has 39 heavy (non-hydrogen) atoms. The number of aliphatic hydroxyl groups excluding tert-OH is 1. The van der Waals surface area contributed by atoms with Gasteiger partial charge >= 0.3 is 6.09 Å². The van der Waals surface area contributed by atoms with Crippen molar-refractivity contribution in [3.63, 3.8) is 0 Å². The molecule has 10 atom stereocenters. The first-order valence-corrected chi connectivity index (χ1v) is 15.8. The first kappa shape index (κ1) is 27.5. The summed E-state index contributed by atoms with van der Waals surface area (Å²) in [7, 11) is 0. The highest BCUT2D eigenvalue weighted by molar-refractivity contribution is 5.68. The fraction of sp³-hybridized carbons (Fsp3) is 0.824. The average Bonchev–Trinajstić information content (AvgIpc) is 3.47. The highest BCUT2D eigenvalue weighted by Crippen LogP contribution is 2.77. The molecule has 1 heterocycles. The van der Waals surface area contributed by atoms with Crippen molar-refractivity contribution in [3.05, 3.63) is 30.4 Å². The van der Waals surface area contributed by atoms with E-state index in [4.69, 9.17) is 0 Å². The minimum atomic E-state index is -0.927. The predicted octanol–water partition coefficient (Wildman–Crippen LogP) is 7.97. The molecule has 216 valence electrons. The van der Waals surface area contributed by atoms with Gasteiger partial charge in [0.2, 0.25) is 0 Å². The SMILES string of the molecule is C=C(C)[C@@H]1CC[C@]2(Cc3nccn3C(=O)O)CC[C@]3(C)[C@H](CCC4[C@@]5(C)CC[C@H](O)C(C)(C)[C@@H]5CC[C@]43C)[C@@H]12. The van der Waals surface area contributed by atoms with Crippen LogP contribution in [0.3, 0.4) is 0 Å². The largest absolute Gasteiger partial charge is 0.464 e. The van der Waals surface area contributed by atoms with Gasteiger partial charge < -0.3 is 10.2 Å². The van der Waals surface area contributed by atoms with Crippen LogP contribution in [0.15, 0.2) is 24.5 Å². The monoisotopic (exact) mass is 536 g/mol. The van der Waals surface area contributed by atoms with Gasteiger partial charge in [0.15, 0.2) is 0 Å². The molecule has 1 aromatic rings. The smallest absolute Gasteiger partial charge is 0.416 e. The minimum Gasteiger partial charge on any atom is -0.464 e. The van der Waals surface area contributed by atoms with Crippen molar-refractivity contribution in [1.82, 2.24) is 9.55 Å². The maximum Gasteiger partial charge on any atom is 0.416 e. The van der Waals surface area contributed by atoms with Gasteiger partial charge in [-0.25, -0.2) is 14.3 Å². The van der Waals surface area contributed by atoms with E-state index in [0.717, 1.165) is 37.9 Å². The Morgan fingerprint density at radius 3 is 2.41 bits per heavy atom. The number of carbonyl (C=O) groups is 1. The van der Waals surface area contributed by atoms with Crippen LogP contribution < -0.4 is 0 Å². The number of allylic oxidation sites excluding steroid dienone is 1. The number of carboxylic acid groups (broad SMARTS) is 1. The highest BCUT2D eigenvalue weighted by atomic mass is 16.4. The normalized spacial score (nSPS) is 48.4. The van der Waals surface area contributed by atoms with Crippen LogP contribution >= 0.6 is 0 Å². The Hall–Kier alpha value is -1.62. The van der Waals surface area contributed by atoms with Crippen molar-refractivity contribution in [2.24, 2.45) is 56.7 Å². The van der Waals surface area contributed by atoms with Crippen LogP contribution in [-0.4, -0.2) is 32.0 Å². The Bertz CT molecular complexity index is 1170. The Kier molecular flexibility index (Phi) is 6.14. The van der Waals surface area contributed by atoms with Crippen molar-refractivity contribution in [2.75, 3.05) is 0 Å². The van der Waals surface area contributed by atoms with Gasteiger partial charge in [-0.05, 0) is 128 Å². The molecule has 6 rings (SSSR count). The molecule has 0 aliphatic heterocycles. The lowest BCUT2D eigenvalue weighted by Gasteiger charge is -2.73. The lowest BCUT2D eigenvalue weighted by atomic mass is 9.32. The topological polar surface area (TPSA) is 75.4 Å². The fourth-order valence-corrected chi connectivity index (χ4v) is 12.5. The molecule has 2 N–H and O–H groups in total. The van der Waals surface area contributed by atoms with Crippen molar-refractivity contribution in [1.29, 1.82) is 0 Å². The first-order valence-electron chi connectivity index (χ1n) is 15.8. The molecule has 1 unspecified atom stereocenters. The molecule has 1 aromatic heterocycles. The van der Waals surface area contributed by atoms with E-state index in [1.54, 1.807) is 12.4 Å². The van der Waals surface area contributed by atoms with E-state index in [2.05, 4.69) is 53.1 Å². The molecule has 5 fully saturated rings. The van der Waals surface area contributed by atoms with Gasteiger partial charge in [-0.15, -0.1) is 0 Å². The van der Waals surface area contributed by atoms with Crippen LogP contribution in [-0.2, 0) is 6.42 Å². The highest BCUT2D eigenvalue weighted by Gasteiger charge is 2.70. The Morgan fingerprint density at radius 1 is 0.974 bits per heavy atom. The van der Waals surface area contributed by atoms with E-state index in [1.807, 2.05) is 0 Å². The molecule has 0 aromatic carbocycles. The summed E-state index contributed by atoms with van der Waals surface area (Å²) in [6.07, 6.45) is 14.8. The van der Waals surface area contributed by atoms with Gasteiger partial charge in [0.25, 0.3) is 0 Å². The predicted molar refractivity (Wildman–Crippen MR) is 154 cm³/mol. The summed E-state index contributed by atoms with van der Waals surface area (Å²) in [6, 6.07) is 0. The Balaban J connectivity index is 1.39. The third-order valence-electron chi connectivity index (χ3n) is 14.7. The molecule has 0 amide bonds. The minimum absolute atomic E-state index is 0.0175. The summed E-state index contributed by atoms with van der Waals surface area (Å²) in [5.41, 5.74) is 2.24. The van der Waals surface area contributed by atoms with E-state index in [1.165, 1.54) is 48.7 Å². The molecular formula is C34H52N2O3. The van der Waals surface area contributed by atoms with E-state index in [9.17, 15) is 15.0 Å². The second-order valence-electron chi connectivity index (χ2n) is 16.1. The molecule has 0 saturated heterocycles. The molecule has 5 aliphatic rings. The fourth-order valence-electron chi connectivity index (χ4n) is 12.5. The maximum absolute atomic E-state index is 12.0.